The molecule has 22 heavy (non-hydrogen) atoms. The Morgan fingerprint density at radius 1 is 1.05 bits per heavy atom. The maximum absolute atomic E-state index is 2.51. The van der Waals surface area contributed by atoms with E-state index in [1.54, 1.807) is 0 Å². The van der Waals surface area contributed by atoms with Crippen molar-refractivity contribution in [3.05, 3.63) is 54.1 Å². The Morgan fingerprint density at radius 2 is 1.73 bits per heavy atom. The molecular formula is C19H24N2S. The minimum atomic E-state index is 0.610. The SMILES string of the molecule is C[C@H](CN(C)C)CN1c2ccccc2CSc2ccccc21. The molecule has 0 amide bonds. The van der Waals surface area contributed by atoms with Crippen LogP contribution in [0, 0.1) is 5.92 Å². The van der Waals surface area contributed by atoms with Gasteiger partial charge >= 0.3 is 0 Å². The van der Waals surface area contributed by atoms with Crippen LogP contribution in [0.15, 0.2) is 53.4 Å². The predicted octanol–water partition coefficient (Wildman–Crippen LogP) is 4.63. The molecule has 0 spiro atoms. The van der Waals surface area contributed by atoms with Crippen molar-refractivity contribution in [2.75, 3.05) is 32.1 Å². The number of para-hydroxylation sites is 2. The lowest BCUT2D eigenvalue weighted by Gasteiger charge is -2.30. The van der Waals surface area contributed by atoms with E-state index < -0.39 is 0 Å². The molecule has 2 aromatic carbocycles. The Bertz CT molecular complexity index is 591. The van der Waals surface area contributed by atoms with Crippen molar-refractivity contribution in [3.63, 3.8) is 0 Å². The second kappa shape index (κ2) is 6.76. The normalized spacial score (nSPS) is 15.2. The van der Waals surface area contributed by atoms with Gasteiger partial charge < -0.3 is 9.80 Å². The van der Waals surface area contributed by atoms with Crippen LogP contribution in [-0.2, 0) is 5.75 Å². The largest absolute Gasteiger partial charge is 0.340 e. The van der Waals surface area contributed by atoms with Crippen LogP contribution < -0.4 is 4.90 Å². The molecule has 1 heterocycles. The summed E-state index contributed by atoms with van der Waals surface area (Å²) in [6.07, 6.45) is 0. The molecule has 0 aliphatic carbocycles. The van der Waals surface area contributed by atoms with Crippen molar-refractivity contribution < 1.29 is 0 Å². The topological polar surface area (TPSA) is 6.48 Å². The third kappa shape index (κ3) is 3.31. The van der Waals surface area contributed by atoms with Crippen LogP contribution in [0.3, 0.4) is 0 Å². The molecule has 0 bridgehead atoms. The first-order valence-corrected chi connectivity index (χ1v) is 8.85. The zero-order valence-corrected chi connectivity index (χ0v) is 14.4. The van der Waals surface area contributed by atoms with Crippen molar-refractivity contribution in [1.29, 1.82) is 0 Å². The first kappa shape index (κ1) is 15.4. The average molecular weight is 312 g/mol. The predicted molar refractivity (Wildman–Crippen MR) is 97.2 cm³/mol. The summed E-state index contributed by atoms with van der Waals surface area (Å²) in [5.41, 5.74) is 4.15. The fourth-order valence-corrected chi connectivity index (χ4v) is 4.23. The molecule has 1 aliphatic heterocycles. The summed E-state index contributed by atoms with van der Waals surface area (Å²) in [6.45, 7) is 4.49. The first-order chi connectivity index (χ1) is 10.6. The van der Waals surface area contributed by atoms with E-state index in [0.29, 0.717) is 5.92 Å². The summed E-state index contributed by atoms with van der Waals surface area (Å²) >= 11 is 1.94. The highest BCUT2D eigenvalue weighted by molar-refractivity contribution is 7.98. The number of nitrogens with zero attached hydrogens (tertiary/aromatic N) is 2. The standard InChI is InChI=1S/C19H24N2S/c1-15(12-20(2)3)13-21-17-9-5-4-8-16(17)14-22-19-11-7-6-10-18(19)21/h4-11,15H,12-14H2,1-3H3/t15-/m1/s1. The molecule has 0 unspecified atom stereocenters. The molecule has 3 heteroatoms. The Balaban J connectivity index is 1.99. The van der Waals surface area contributed by atoms with E-state index in [1.807, 2.05) is 11.8 Å². The fraction of sp³-hybridized carbons (Fsp3) is 0.368. The molecular weight excluding hydrogens is 288 g/mol. The third-order valence-electron chi connectivity index (χ3n) is 3.99. The van der Waals surface area contributed by atoms with Crippen LogP contribution in [0.1, 0.15) is 12.5 Å². The summed E-state index contributed by atoms with van der Waals surface area (Å²) in [6, 6.07) is 17.6. The number of anilines is 2. The van der Waals surface area contributed by atoms with E-state index >= 15 is 0 Å². The second-order valence-corrected chi connectivity index (χ2v) is 7.38. The lowest BCUT2D eigenvalue weighted by atomic mass is 10.1. The number of benzene rings is 2. The lowest BCUT2D eigenvalue weighted by Crippen LogP contribution is -2.30. The van der Waals surface area contributed by atoms with E-state index in [4.69, 9.17) is 0 Å². The number of hydrogen-bond acceptors (Lipinski definition) is 3. The van der Waals surface area contributed by atoms with Crippen LogP contribution in [0.25, 0.3) is 0 Å². The van der Waals surface area contributed by atoms with Gasteiger partial charge in [-0.1, -0.05) is 37.3 Å². The molecule has 1 atom stereocenters. The maximum atomic E-state index is 2.51. The first-order valence-electron chi connectivity index (χ1n) is 7.87. The molecule has 0 saturated carbocycles. The van der Waals surface area contributed by atoms with Crippen LogP contribution in [0.2, 0.25) is 0 Å². The smallest absolute Gasteiger partial charge is 0.0549 e. The molecule has 0 N–H and O–H groups in total. The number of hydrogen-bond donors (Lipinski definition) is 0. The van der Waals surface area contributed by atoms with Gasteiger partial charge in [-0.05, 0) is 43.8 Å². The Morgan fingerprint density at radius 3 is 2.50 bits per heavy atom. The number of thioether (sulfide) groups is 1. The Labute approximate surface area is 138 Å². The summed E-state index contributed by atoms with van der Waals surface area (Å²) < 4.78 is 0. The van der Waals surface area contributed by atoms with E-state index in [-0.39, 0.29) is 0 Å². The zero-order valence-electron chi connectivity index (χ0n) is 13.6. The van der Waals surface area contributed by atoms with E-state index in [9.17, 15) is 0 Å². The van der Waals surface area contributed by atoms with Crippen LogP contribution in [0.4, 0.5) is 11.4 Å². The van der Waals surface area contributed by atoms with Crippen LogP contribution in [-0.4, -0.2) is 32.1 Å². The second-order valence-electron chi connectivity index (χ2n) is 6.36. The van der Waals surface area contributed by atoms with Crippen LogP contribution in [0.5, 0.6) is 0 Å². The van der Waals surface area contributed by atoms with Crippen molar-refractivity contribution in [2.45, 2.75) is 17.6 Å². The van der Waals surface area contributed by atoms with E-state index in [2.05, 4.69) is 79.3 Å². The Kier molecular flexibility index (Phi) is 4.74. The molecule has 0 radical (unpaired) electrons. The summed E-state index contributed by atoms with van der Waals surface area (Å²) in [5, 5.41) is 0. The van der Waals surface area contributed by atoms with Crippen molar-refractivity contribution in [3.8, 4) is 0 Å². The van der Waals surface area contributed by atoms with Gasteiger partial charge in [0, 0.05) is 29.4 Å². The minimum absolute atomic E-state index is 0.610. The molecule has 0 fully saturated rings. The van der Waals surface area contributed by atoms with Gasteiger partial charge in [-0.3, -0.25) is 0 Å². The van der Waals surface area contributed by atoms with E-state index in [0.717, 1.165) is 18.8 Å². The molecule has 2 nitrogen and oxygen atoms in total. The van der Waals surface area contributed by atoms with Gasteiger partial charge in [0.25, 0.3) is 0 Å². The van der Waals surface area contributed by atoms with Gasteiger partial charge in [-0.25, -0.2) is 0 Å². The van der Waals surface area contributed by atoms with Crippen molar-refractivity contribution in [2.24, 2.45) is 5.92 Å². The highest BCUT2D eigenvalue weighted by atomic mass is 32.2. The van der Waals surface area contributed by atoms with Gasteiger partial charge in [-0.15, -0.1) is 11.8 Å². The Hall–Kier alpha value is -1.45. The summed E-state index contributed by atoms with van der Waals surface area (Å²) in [7, 11) is 4.30. The lowest BCUT2D eigenvalue weighted by molar-refractivity contribution is 0.343. The number of fused-ring (bicyclic) bond motifs is 2. The summed E-state index contributed by atoms with van der Waals surface area (Å²) in [4.78, 5) is 6.17. The van der Waals surface area contributed by atoms with Gasteiger partial charge in [0.15, 0.2) is 0 Å². The molecule has 3 rings (SSSR count). The van der Waals surface area contributed by atoms with Crippen LogP contribution >= 0.6 is 11.8 Å². The molecule has 0 aromatic heterocycles. The molecule has 1 aliphatic rings. The van der Waals surface area contributed by atoms with Crippen molar-refractivity contribution in [1.82, 2.24) is 4.90 Å². The van der Waals surface area contributed by atoms with Gasteiger partial charge in [0.2, 0.25) is 0 Å². The number of rotatable bonds is 4. The fourth-order valence-electron chi connectivity index (χ4n) is 3.17. The molecule has 0 saturated heterocycles. The molecule has 2 aromatic rings. The summed E-state index contributed by atoms with van der Waals surface area (Å²) in [5.74, 6) is 1.66. The maximum Gasteiger partial charge on any atom is 0.0549 e. The monoisotopic (exact) mass is 312 g/mol. The van der Waals surface area contributed by atoms with E-state index in [1.165, 1.54) is 21.8 Å². The van der Waals surface area contributed by atoms with Crippen molar-refractivity contribution >= 4 is 23.1 Å². The zero-order chi connectivity index (χ0) is 15.5. The molecule has 116 valence electrons. The van der Waals surface area contributed by atoms with Gasteiger partial charge in [0.1, 0.15) is 0 Å². The quantitative estimate of drug-likeness (QED) is 0.813. The average Bonchev–Trinajstić information content (AvgIpc) is 2.65. The van der Waals surface area contributed by atoms with Gasteiger partial charge in [0.05, 0.1) is 5.69 Å². The minimum Gasteiger partial charge on any atom is -0.340 e. The van der Waals surface area contributed by atoms with Gasteiger partial charge in [-0.2, -0.15) is 0 Å². The third-order valence-corrected chi connectivity index (χ3v) is 5.10. The highest BCUT2D eigenvalue weighted by Crippen LogP contribution is 2.42. The highest BCUT2D eigenvalue weighted by Gasteiger charge is 2.22.